The quantitative estimate of drug-likeness (QED) is 0.0677. The highest BCUT2D eigenvalue weighted by molar-refractivity contribution is 5.62. The third-order valence-electron chi connectivity index (χ3n) is 15.0. The molecule has 0 fully saturated rings. The predicted octanol–water partition coefficient (Wildman–Crippen LogP) is 15.9. The van der Waals surface area contributed by atoms with Gasteiger partial charge in [0, 0.05) is 35.8 Å². The molecule has 0 heterocycles. The van der Waals surface area contributed by atoms with Gasteiger partial charge < -0.3 is 35.7 Å². The summed E-state index contributed by atoms with van der Waals surface area (Å²) in [5.74, 6) is 0.272. The molecule has 7 heteroatoms. The Morgan fingerprint density at radius 3 is 0.811 bits per heavy atom. The molecule has 7 aromatic carbocycles. The minimum Gasteiger partial charge on any atom is -0.508 e. The van der Waals surface area contributed by atoms with Gasteiger partial charge in [0.05, 0.1) is 0 Å². The molecule has 0 amide bonds. The molecule has 0 saturated carbocycles. The van der Waals surface area contributed by atoms with Crippen molar-refractivity contribution in [3.05, 3.63) is 203 Å². The van der Waals surface area contributed by atoms with Gasteiger partial charge >= 0.3 is 0 Å². The fourth-order valence-corrected chi connectivity index (χ4v) is 11.0. The van der Waals surface area contributed by atoms with Gasteiger partial charge in [0.25, 0.3) is 0 Å². The van der Waals surface area contributed by atoms with E-state index in [1.807, 2.05) is 95.3 Å². The van der Waals surface area contributed by atoms with Crippen molar-refractivity contribution >= 4 is 0 Å². The van der Waals surface area contributed by atoms with Crippen LogP contribution in [0.4, 0.5) is 0 Å². The van der Waals surface area contributed by atoms with E-state index in [0.717, 1.165) is 94.6 Å². The molecule has 0 aliphatic carbocycles. The SMILES string of the molecule is Cc1cc(Cc2ccc(O)c(C(c3cc(C(C)(C)C)c(O)cc3C)c3cc(C(C)(C)C)c(O)cc3C)c2)c(O)c(Cc2ccc(O)c(C(c3cc(C(C)(C)C)c(O)cc3C)c3cc(C(C)(C)C)c(O)cc3C)c2)c1. The van der Waals surface area contributed by atoms with Crippen molar-refractivity contribution in [1.29, 1.82) is 0 Å². The highest BCUT2D eigenvalue weighted by Gasteiger charge is 2.32. The third kappa shape index (κ3) is 11.1. The highest BCUT2D eigenvalue weighted by atomic mass is 16.3. The smallest absolute Gasteiger partial charge is 0.122 e. The summed E-state index contributed by atoms with van der Waals surface area (Å²) in [6, 6.07) is 30.7. The Morgan fingerprint density at radius 1 is 0.311 bits per heavy atom. The zero-order valence-electron chi connectivity index (χ0n) is 46.9. The van der Waals surface area contributed by atoms with Gasteiger partial charge in [0.1, 0.15) is 40.2 Å². The lowest BCUT2D eigenvalue weighted by molar-refractivity contribution is 0.443. The molecule has 0 spiro atoms. The fraction of sp³-hybridized carbons (Fsp3) is 0.373. The van der Waals surface area contributed by atoms with E-state index in [4.69, 9.17) is 0 Å². The first kappa shape index (κ1) is 54.9. The second-order valence-corrected chi connectivity index (χ2v) is 25.3. The molecule has 0 saturated heterocycles. The molecule has 74 heavy (non-hydrogen) atoms. The monoisotopic (exact) mass is 997 g/mol. The first-order valence-electron chi connectivity index (χ1n) is 26.0. The van der Waals surface area contributed by atoms with E-state index < -0.39 is 11.8 Å². The first-order chi connectivity index (χ1) is 34.1. The van der Waals surface area contributed by atoms with Gasteiger partial charge in [-0.2, -0.15) is 0 Å². The van der Waals surface area contributed by atoms with Crippen LogP contribution in [0.25, 0.3) is 0 Å². The minimum absolute atomic E-state index is 0.109. The Morgan fingerprint density at radius 2 is 0.568 bits per heavy atom. The van der Waals surface area contributed by atoms with Crippen LogP contribution in [0.2, 0.25) is 0 Å². The van der Waals surface area contributed by atoms with Crippen LogP contribution in [-0.2, 0) is 34.5 Å². The second kappa shape index (κ2) is 19.8. The molecule has 390 valence electrons. The Labute approximate surface area is 440 Å². The maximum absolute atomic E-state index is 12.3. The average molecular weight is 997 g/mol. The second-order valence-electron chi connectivity index (χ2n) is 25.3. The van der Waals surface area contributed by atoms with Crippen LogP contribution in [0, 0.1) is 34.6 Å². The van der Waals surface area contributed by atoms with Crippen LogP contribution in [0.15, 0.2) is 97.1 Å². The Hall–Kier alpha value is -6.86. The summed E-state index contributed by atoms with van der Waals surface area (Å²) in [5, 5.41) is 81.2. The standard InChI is InChI=1S/C67H80O7/c1-36-22-43(28-41-18-20-55(68)49(30-41)61(45-32-51(64(6,7)8)57(70)24-37(45)2)46-33-52(65(9,10)11)58(71)25-38(46)3)63(74)44(23-36)29-42-19-21-56(69)50(31-42)62(47-34-53(66(12,13)14)59(72)26-39(47)4)48-35-54(67(15,16)17)60(73)27-40(48)5/h18-27,30-35,61-62,68-74H,28-29H2,1-17H3. The van der Waals surface area contributed by atoms with E-state index in [1.165, 1.54) is 0 Å². The van der Waals surface area contributed by atoms with Crippen molar-refractivity contribution in [3.8, 4) is 40.2 Å². The van der Waals surface area contributed by atoms with Crippen LogP contribution in [-0.4, -0.2) is 35.7 Å². The zero-order chi connectivity index (χ0) is 54.9. The van der Waals surface area contributed by atoms with Crippen LogP contribution in [0.1, 0.15) is 201 Å². The molecule has 0 aliphatic heterocycles. The van der Waals surface area contributed by atoms with E-state index in [2.05, 4.69) is 107 Å². The van der Waals surface area contributed by atoms with Crippen LogP contribution in [0.3, 0.4) is 0 Å². The van der Waals surface area contributed by atoms with Crippen molar-refractivity contribution in [1.82, 2.24) is 0 Å². The van der Waals surface area contributed by atoms with Crippen molar-refractivity contribution in [2.75, 3.05) is 0 Å². The summed E-state index contributed by atoms with van der Waals surface area (Å²) in [6.45, 7) is 34.8. The Balaban J connectivity index is 1.35. The molecular weight excluding hydrogens is 917 g/mol. The molecule has 7 N–H and O–H groups in total. The largest absolute Gasteiger partial charge is 0.508 e. The average Bonchev–Trinajstić information content (AvgIpc) is 3.25. The summed E-state index contributed by atoms with van der Waals surface area (Å²) < 4.78 is 0. The number of hydrogen-bond acceptors (Lipinski definition) is 7. The number of phenols is 7. The van der Waals surface area contributed by atoms with Gasteiger partial charge in [-0.25, -0.2) is 0 Å². The molecular formula is C67H80O7. The molecule has 0 radical (unpaired) electrons. The summed E-state index contributed by atoms with van der Waals surface area (Å²) in [7, 11) is 0. The topological polar surface area (TPSA) is 142 Å². The van der Waals surface area contributed by atoms with E-state index in [0.29, 0.717) is 24.0 Å². The van der Waals surface area contributed by atoms with Gasteiger partial charge in [0.15, 0.2) is 0 Å². The van der Waals surface area contributed by atoms with E-state index >= 15 is 0 Å². The molecule has 0 aliphatic rings. The first-order valence-corrected chi connectivity index (χ1v) is 26.0. The molecule has 7 rings (SSSR count). The third-order valence-corrected chi connectivity index (χ3v) is 15.0. The fourth-order valence-electron chi connectivity index (χ4n) is 11.0. The number of benzene rings is 7. The molecule has 0 unspecified atom stereocenters. The summed E-state index contributed by atoms with van der Waals surface area (Å²) in [4.78, 5) is 0. The lowest BCUT2D eigenvalue weighted by Gasteiger charge is -2.30. The number of hydrogen-bond donors (Lipinski definition) is 7. The predicted molar refractivity (Wildman–Crippen MR) is 303 cm³/mol. The van der Waals surface area contributed by atoms with Crippen LogP contribution < -0.4 is 0 Å². The van der Waals surface area contributed by atoms with Crippen molar-refractivity contribution < 1.29 is 35.7 Å². The normalized spacial score (nSPS) is 12.6. The molecule has 7 aromatic rings. The number of aryl methyl sites for hydroxylation is 5. The Bertz CT molecular complexity index is 2940. The molecule has 0 bridgehead atoms. The summed E-state index contributed by atoms with van der Waals surface area (Å²) in [5.41, 5.74) is 14.3. The van der Waals surface area contributed by atoms with Crippen molar-refractivity contribution in [3.63, 3.8) is 0 Å². The van der Waals surface area contributed by atoms with E-state index in [-0.39, 0.29) is 61.9 Å². The van der Waals surface area contributed by atoms with Crippen LogP contribution >= 0.6 is 0 Å². The molecule has 0 atom stereocenters. The van der Waals surface area contributed by atoms with Gasteiger partial charge in [0.2, 0.25) is 0 Å². The molecule has 7 nitrogen and oxygen atoms in total. The summed E-state index contributed by atoms with van der Waals surface area (Å²) >= 11 is 0. The number of rotatable bonds is 10. The van der Waals surface area contributed by atoms with Crippen molar-refractivity contribution in [2.45, 2.75) is 164 Å². The van der Waals surface area contributed by atoms with Gasteiger partial charge in [-0.1, -0.05) is 149 Å². The zero-order valence-corrected chi connectivity index (χ0v) is 46.9. The van der Waals surface area contributed by atoms with Crippen LogP contribution in [0.5, 0.6) is 40.2 Å². The van der Waals surface area contributed by atoms with E-state index in [1.54, 1.807) is 12.1 Å². The van der Waals surface area contributed by atoms with Gasteiger partial charge in [-0.3, -0.25) is 0 Å². The van der Waals surface area contributed by atoms with E-state index in [9.17, 15) is 35.7 Å². The van der Waals surface area contributed by atoms with Gasteiger partial charge in [-0.05, 0) is 182 Å². The Kier molecular flexibility index (Phi) is 14.7. The van der Waals surface area contributed by atoms with Crippen molar-refractivity contribution in [2.24, 2.45) is 0 Å². The summed E-state index contributed by atoms with van der Waals surface area (Å²) in [6.07, 6.45) is 0.721. The number of aromatic hydroxyl groups is 7. The minimum atomic E-state index is -0.483. The van der Waals surface area contributed by atoms with Gasteiger partial charge in [-0.15, -0.1) is 0 Å². The maximum atomic E-state index is 12.3. The highest BCUT2D eigenvalue weighted by Crippen LogP contribution is 2.48. The molecule has 0 aromatic heterocycles. The maximum Gasteiger partial charge on any atom is 0.122 e. The lowest BCUT2D eigenvalue weighted by Crippen LogP contribution is -2.16. The lowest BCUT2D eigenvalue weighted by atomic mass is 9.75. The number of phenolic OH excluding ortho intramolecular Hbond substituents is 7.